The number of ether oxygens (including phenoxy) is 1. The van der Waals surface area contributed by atoms with Gasteiger partial charge in [-0.25, -0.2) is 0 Å². The zero-order valence-corrected chi connectivity index (χ0v) is 25.5. The SMILES string of the molecule is COc1ccc2c(c1)C1(CCC3(CC1)c1ccccc1-c1ccc(N(c4ccccc4)c4ccccc4)cc13)c1ccccc1-2. The highest BCUT2D eigenvalue weighted by Gasteiger charge is 2.53. The molecule has 0 unspecified atom stereocenters. The van der Waals surface area contributed by atoms with Crippen LogP contribution in [0.2, 0.25) is 0 Å². The lowest BCUT2D eigenvalue weighted by Crippen LogP contribution is -2.39. The van der Waals surface area contributed by atoms with Crippen molar-refractivity contribution in [3.05, 3.63) is 168 Å². The molecule has 218 valence electrons. The van der Waals surface area contributed by atoms with E-state index in [-0.39, 0.29) is 10.8 Å². The van der Waals surface area contributed by atoms with Gasteiger partial charge >= 0.3 is 0 Å². The first-order valence-electron chi connectivity index (χ1n) is 16.1. The van der Waals surface area contributed by atoms with Gasteiger partial charge in [-0.3, -0.25) is 0 Å². The summed E-state index contributed by atoms with van der Waals surface area (Å²) in [6.45, 7) is 0. The van der Waals surface area contributed by atoms with Crippen LogP contribution in [0.5, 0.6) is 5.75 Å². The molecule has 0 aliphatic heterocycles. The van der Waals surface area contributed by atoms with Crippen LogP contribution in [-0.4, -0.2) is 7.11 Å². The van der Waals surface area contributed by atoms with Gasteiger partial charge in [0, 0.05) is 27.9 Å². The number of hydrogen-bond donors (Lipinski definition) is 0. The standard InChI is InChI=1S/C43H35NO/c1-45-33-21-23-37-35-17-9-11-19-39(35)43(41(37)29-33)26-24-42(25-27-43)38-18-10-8-16-34(38)36-22-20-32(28-40(36)42)44(30-12-4-2-5-13-30)31-14-6-3-7-15-31/h2-23,28-29H,24-27H2,1H3. The first kappa shape index (κ1) is 26.3. The summed E-state index contributed by atoms with van der Waals surface area (Å²) < 4.78 is 5.76. The summed E-state index contributed by atoms with van der Waals surface area (Å²) in [5.41, 5.74) is 15.0. The molecule has 2 spiro atoms. The summed E-state index contributed by atoms with van der Waals surface area (Å²) in [5, 5.41) is 0. The Hall–Kier alpha value is -5.08. The molecule has 0 heterocycles. The van der Waals surface area contributed by atoms with E-state index in [0.29, 0.717) is 0 Å². The van der Waals surface area contributed by atoms with Crippen LogP contribution in [0.3, 0.4) is 0 Å². The Kier molecular flexibility index (Phi) is 5.83. The lowest BCUT2D eigenvalue weighted by molar-refractivity contribution is 0.264. The van der Waals surface area contributed by atoms with E-state index in [1.54, 1.807) is 7.11 Å². The maximum atomic E-state index is 5.76. The van der Waals surface area contributed by atoms with Crippen molar-refractivity contribution in [2.24, 2.45) is 0 Å². The molecule has 0 N–H and O–H groups in total. The normalized spacial score (nSPS) is 20.4. The van der Waals surface area contributed by atoms with Crippen molar-refractivity contribution in [2.45, 2.75) is 36.5 Å². The Labute approximate surface area is 265 Å². The second-order valence-corrected chi connectivity index (χ2v) is 12.9. The predicted octanol–water partition coefficient (Wildman–Crippen LogP) is 11.0. The monoisotopic (exact) mass is 581 g/mol. The number of hydrogen-bond acceptors (Lipinski definition) is 2. The van der Waals surface area contributed by atoms with Crippen LogP contribution in [0.25, 0.3) is 22.3 Å². The quantitative estimate of drug-likeness (QED) is 0.205. The first-order chi connectivity index (χ1) is 22.2. The van der Waals surface area contributed by atoms with E-state index in [9.17, 15) is 0 Å². The third kappa shape index (κ3) is 3.75. The van der Waals surface area contributed by atoms with Gasteiger partial charge in [0.05, 0.1) is 7.11 Å². The van der Waals surface area contributed by atoms with Crippen LogP contribution in [0.15, 0.2) is 146 Å². The van der Waals surface area contributed by atoms with Crippen molar-refractivity contribution >= 4 is 17.1 Å². The zero-order chi connectivity index (χ0) is 30.0. The third-order valence-corrected chi connectivity index (χ3v) is 11.0. The van der Waals surface area contributed by atoms with Gasteiger partial charge in [-0.2, -0.15) is 0 Å². The van der Waals surface area contributed by atoms with Gasteiger partial charge in [-0.15, -0.1) is 0 Å². The number of para-hydroxylation sites is 2. The van der Waals surface area contributed by atoms with E-state index in [1.165, 1.54) is 61.6 Å². The summed E-state index contributed by atoms with van der Waals surface area (Å²) in [4.78, 5) is 2.40. The van der Waals surface area contributed by atoms with Gasteiger partial charge < -0.3 is 9.64 Å². The summed E-state index contributed by atoms with van der Waals surface area (Å²) in [5.74, 6) is 0.948. The van der Waals surface area contributed by atoms with Crippen LogP contribution >= 0.6 is 0 Å². The molecule has 0 radical (unpaired) electrons. The van der Waals surface area contributed by atoms with E-state index < -0.39 is 0 Å². The number of benzene rings is 6. The minimum Gasteiger partial charge on any atom is -0.497 e. The maximum Gasteiger partial charge on any atom is 0.119 e. The average molecular weight is 582 g/mol. The number of methoxy groups -OCH3 is 1. The van der Waals surface area contributed by atoms with Crippen LogP contribution in [0, 0.1) is 0 Å². The molecule has 6 aromatic rings. The Morgan fingerprint density at radius 2 is 0.867 bits per heavy atom. The molecule has 3 aliphatic rings. The van der Waals surface area contributed by atoms with E-state index in [4.69, 9.17) is 4.74 Å². The van der Waals surface area contributed by atoms with Crippen LogP contribution < -0.4 is 9.64 Å². The fraction of sp³-hybridized carbons (Fsp3) is 0.163. The summed E-state index contributed by atoms with van der Waals surface area (Å²) >= 11 is 0. The molecule has 45 heavy (non-hydrogen) atoms. The molecule has 2 nitrogen and oxygen atoms in total. The number of anilines is 3. The fourth-order valence-corrected chi connectivity index (χ4v) is 8.93. The minimum atomic E-state index is -0.0250. The molecule has 0 atom stereocenters. The molecule has 1 fully saturated rings. The van der Waals surface area contributed by atoms with Gasteiger partial charge in [0.1, 0.15) is 5.75 Å². The third-order valence-electron chi connectivity index (χ3n) is 11.0. The van der Waals surface area contributed by atoms with Crippen molar-refractivity contribution in [2.75, 3.05) is 12.0 Å². The van der Waals surface area contributed by atoms with E-state index >= 15 is 0 Å². The number of nitrogens with zero attached hydrogens (tertiary/aromatic N) is 1. The zero-order valence-electron chi connectivity index (χ0n) is 25.5. The molecule has 9 rings (SSSR count). The summed E-state index contributed by atoms with van der Waals surface area (Å²) in [6.07, 6.45) is 4.40. The molecule has 6 aromatic carbocycles. The Bertz CT molecular complexity index is 2010. The first-order valence-corrected chi connectivity index (χ1v) is 16.1. The van der Waals surface area contributed by atoms with E-state index in [1.807, 2.05) is 0 Å². The molecule has 0 aromatic heterocycles. The molecular weight excluding hydrogens is 546 g/mol. The Morgan fingerprint density at radius 1 is 0.422 bits per heavy atom. The molecule has 0 amide bonds. The van der Waals surface area contributed by atoms with Crippen molar-refractivity contribution in [1.29, 1.82) is 0 Å². The van der Waals surface area contributed by atoms with Gasteiger partial charge in [0.25, 0.3) is 0 Å². The minimum absolute atomic E-state index is 0.00113. The van der Waals surface area contributed by atoms with E-state index in [0.717, 1.165) is 31.4 Å². The number of fused-ring (bicyclic) bond motifs is 10. The fourth-order valence-electron chi connectivity index (χ4n) is 8.93. The molecule has 2 heteroatoms. The Balaban J connectivity index is 1.19. The number of rotatable bonds is 4. The average Bonchev–Trinajstić information content (AvgIpc) is 3.53. The van der Waals surface area contributed by atoms with Gasteiger partial charge in [-0.1, -0.05) is 97.1 Å². The van der Waals surface area contributed by atoms with Crippen LogP contribution in [0.1, 0.15) is 47.9 Å². The van der Waals surface area contributed by atoms with Crippen LogP contribution in [0.4, 0.5) is 17.1 Å². The largest absolute Gasteiger partial charge is 0.497 e. The lowest BCUT2D eigenvalue weighted by Gasteiger charge is -2.45. The van der Waals surface area contributed by atoms with E-state index in [2.05, 4.69) is 150 Å². The highest BCUT2D eigenvalue weighted by atomic mass is 16.5. The molecule has 3 aliphatic carbocycles. The maximum absolute atomic E-state index is 5.76. The van der Waals surface area contributed by atoms with Crippen molar-refractivity contribution in [1.82, 2.24) is 0 Å². The predicted molar refractivity (Wildman–Crippen MR) is 185 cm³/mol. The van der Waals surface area contributed by atoms with Crippen molar-refractivity contribution in [3.8, 4) is 28.0 Å². The molecule has 1 saturated carbocycles. The van der Waals surface area contributed by atoms with Gasteiger partial charge in [-0.05, 0) is 119 Å². The van der Waals surface area contributed by atoms with Gasteiger partial charge in [0.15, 0.2) is 0 Å². The van der Waals surface area contributed by atoms with Crippen molar-refractivity contribution < 1.29 is 4.74 Å². The molecule has 0 bridgehead atoms. The Morgan fingerprint density at radius 3 is 1.40 bits per heavy atom. The highest BCUT2D eigenvalue weighted by Crippen LogP contribution is 2.64. The molecular formula is C43H35NO. The topological polar surface area (TPSA) is 12.5 Å². The summed E-state index contributed by atoms with van der Waals surface area (Å²) in [6, 6.07) is 53.7. The lowest BCUT2D eigenvalue weighted by atomic mass is 9.57. The summed E-state index contributed by atoms with van der Waals surface area (Å²) in [7, 11) is 1.78. The molecule has 0 saturated heterocycles. The van der Waals surface area contributed by atoms with Crippen molar-refractivity contribution in [3.63, 3.8) is 0 Å². The second-order valence-electron chi connectivity index (χ2n) is 12.9. The second kappa shape index (κ2) is 9.97. The smallest absolute Gasteiger partial charge is 0.119 e. The van der Waals surface area contributed by atoms with Crippen LogP contribution in [-0.2, 0) is 10.8 Å². The highest BCUT2D eigenvalue weighted by molar-refractivity contribution is 5.87. The van der Waals surface area contributed by atoms with Gasteiger partial charge in [0.2, 0.25) is 0 Å².